The number of nitrogens with one attached hydrogen (secondary N) is 1. The highest BCUT2D eigenvalue weighted by Gasteiger charge is 2.49. The monoisotopic (exact) mass is 605 g/mol. The normalized spacial score (nSPS) is 28.4. The summed E-state index contributed by atoms with van der Waals surface area (Å²) in [5.41, 5.74) is 8.37. The molecular formula is C32H34F3N7O2. The number of fused-ring (bicyclic) bond motifs is 5. The second-order valence-corrected chi connectivity index (χ2v) is 13.3. The van der Waals surface area contributed by atoms with E-state index < -0.39 is 17.8 Å². The molecule has 4 atom stereocenters. The van der Waals surface area contributed by atoms with E-state index in [-0.39, 0.29) is 46.4 Å². The van der Waals surface area contributed by atoms with Gasteiger partial charge in [0.1, 0.15) is 29.7 Å². The van der Waals surface area contributed by atoms with Crippen molar-refractivity contribution in [3.05, 3.63) is 35.5 Å². The van der Waals surface area contributed by atoms with Gasteiger partial charge in [-0.2, -0.15) is 9.97 Å². The molecule has 12 heteroatoms. The van der Waals surface area contributed by atoms with Gasteiger partial charge in [0, 0.05) is 61.2 Å². The molecule has 230 valence electrons. The Morgan fingerprint density at radius 1 is 1.05 bits per heavy atom. The quantitative estimate of drug-likeness (QED) is 0.312. The molecule has 5 aliphatic rings. The number of furan rings is 1. The number of nitrogens with zero attached hydrogens (tertiary/aromatic N) is 5. The van der Waals surface area contributed by atoms with E-state index in [1.165, 1.54) is 6.07 Å². The van der Waals surface area contributed by atoms with E-state index in [2.05, 4.69) is 15.1 Å². The van der Waals surface area contributed by atoms with Gasteiger partial charge in [0.05, 0.1) is 22.1 Å². The average molecular weight is 606 g/mol. The molecule has 1 aromatic carbocycles. The number of hydrogen-bond donors (Lipinski definition) is 2. The predicted molar refractivity (Wildman–Crippen MR) is 160 cm³/mol. The smallest absolute Gasteiger partial charge is 0.319 e. The van der Waals surface area contributed by atoms with Crippen LogP contribution in [0.3, 0.4) is 0 Å². The zero-order valence-corrected chi connectivity index (χ0v) is 24.3. The van der Waals surface area contributed by atoms with E-state index in [1.54, 1.807) is 0 Å². The van der Waals surface area contributed by atoms with E-state index in [0.29, 0.717) is 41.7 Å². The fourth-order valence-corrected chi connectivity index (χ4v) is 8.33. The molecule has 0 amide bonds. The SMILES string of the molecule is Nc1oc2cc(F)cc(-c3cc4nc(OC[C@@]56CCCN5C[C@H](F)C6)nc(N5C6CCC5CNC6)c4nc3C3CC3)c2c1F. The van der Waals surface area contributed by atoms with Gasteiger partial charge in [0.25, 0.3) is 0 Å². The van der Waals surface area contributed by atoms with Crippen molar-refractivity contribution in [3.63, 3.8) is 0 Å². The van der Waals surface area contributed by atoms with Crippen molar-refractivity contribution in [2.45, 2.75) is 74.7 Å². The first-order valence-corrected chi connectivity index (χ1v) is 15.8. The van der Waals surface area contributed by atoms with Crippen LogP contribution in [0.2, 0.25) is 0 Å². The fourth-order valence-electron chi connectivity index (χ4n) is 8.33. The second-order valence-electron chi connectivity index (χ2n) is 13.3. The van der Waals surface area contributed by atoms with Crippen molar-refractivity contribution >= 4 is 33.7 Å². The van der Waals surface area contributed by atoms with Gasteiger partial charge in [0.2, 0.25) is 5.88 Å². The molecule has 5 fully saturated rings. The Labute approximate surface area is 251 Å². The van der Waals surface area contributed by atoms with Crippen LogP contribution in [0.5, 0.6) is 6.01 Å². The number of hydrogen-bond acceptors (Lipinski definition) is 9. The van der Waals surface area contributed by atoms with Crippen LogP contribution in [0.4, 0.5) is 24.9 Å². The zero-order chi connectivity index (χ0) is 29.7. The molecule has 4 aliphatic heterocycles. The first kappa shape index (κ1) is 26.7. The number of aromatic nitrogens is 3. The van der Waals surface area contributed by atoms with Gasteiger partial charge < -0.3 is 25.1 Å². The highest BCUT2D eigenvalue weighted by atomic mass is 19.1. The third kappa shape index (κ3) is 4.09. The first-order chi connectivity index (χ1) is 21.4. The molecule has 4 saturated heterocycles. The maximum absolute atomic E-state index is 15.3. The summed E-state index contributed by atoms with van der Waals surface area (Å²) in [5, 5.41) is 3.66. The number of alkyl halides is 1. The minimum atomic E-state index is -0.864. The molecule has 3 aromatic heterocycles. The van der Waals surface area contributed by atoms with Gasteiger partial charge in [-0.05, 0) is 57.2 Å². The van der Waals surface area contributed by atoms with E-state index in [0.717, 1.165) is 75.7 Å². The maximum Gasteiger partial charge on any atom is 0.319 e. The lowest BCUT2D eigenvalue weighted by atomic mass is 9.95. The Morgan fingerprint density at radius 3 is 2.66 bits per heavy atom. The minimum absolute atomic E-state index is 0.0461. The average Bonchev–Trinajstić information content (AvgIpc) is 3.55. The summed E-state index contributed by atoms with van der Waals surface area (Å²) in [6, 6.07) is 5.07. The van der Waals surface area contributed by atoms with Crippen LogP contribution in [-0.2, 0) is 0 Å². The first-order valence-electron chi connectivity index (χ1n) is 15.8. The molecule has 2 unspecified atom stereocenters. The number of piperazine rings is 1. The van der Waals surface area contributed by atoms with E-state index in [9.17, 15) is 8.78 Å². The Hall–Kier alpha value is -3.64. The van der Waals surface area contributed by atoms with Crippen LogP contribution >= 0.6 is 0 Å². The van der Waals surface area contributed by atoms with Crippen LogP contribution in [-0.4, -0.2) is 76.4 Å². The number of halogens is 3. The molecule has 4 aromatic rings. The Bertz CT molecular complexity index is 1800. The lowest BCUT2D eigenvalue weighted by molar-refractivity contribution is 0.107. The lowest BCUT2D eigenvalue weighted by Gasteiger charge is -2.36. The molecular weight excluding hydrogens is 571 g/mol. The largest absolute Gasteiger partial charge is 0.461 e. The topological polar surface area (TPSA) is 106 Å². The Morgan fingerprint density at radius 2 is 1.86 bits per heavy atom. The van der Waals surface area contributed by atoms with Crippen molar-refractivity contribution in [2.24, 2.45) is 0 Å². The van der Waals surface area contributed by atoms with Crippen molar-refractivity contribution < 1.29 is 22.3 Å². The third-order valence-corrected chi connectivity index (χ3v) is 10.5. The van der Waals surface area contributed by atoms with Crippen LogP contribution in [0.1, 0.15) is 56.6 Å². The standard InChI is InChI=1S/C32H34F3N7O2/c33-17-8-21(25-24(9-17)44-29(36)26(25)35)22-10-23-28(39-27(22)16-2-3-16)30(42-19-4-5-20(42)13-37-12-19)40-31(38-23)43-15-32-6-1-7-41(32)14-18(34)11-32/h8-10,16,18-20,37H,1-7,11-15,36H2/t18-,19?,20?,32+/m1/s1. The van der Waals surface area contributed by atoms with Crippen LogP contribution in [0.15, 0.2) is 22.6 Å². The molecule has 2 bridgehead atoms. The summed E-state index contributed by atoms with van der Waals surface area (Å²) >= 11 is 0. The molecule has 0 radical (unpaired) electrons. The molecule has 1 aliphatic carbocycles. The van der Waals surface area contributed by atoms with E-state index >= 15 is 4.39 Å². The molecule has 9 nitrogen and oxygen atoms in total. The lowest BCUT2D eigenvalue weighted by Crippen LogP contribution is -2.52. The van der Waals surface area contributed by atoms with Crippen molar-refractivity contribution in [1.82, 2.24) is 25.2 Å². The number of rotatable bonds is 6. The number of anilines is 2. The predicted octanol–water partition coefficient (Wildman–Crippen LogP) is 5.07. The number of nitrogen functional groups attached to an aromatic ring is 1. The number of benzene rings is 1. The summed E-state index contributed by atoms with van der Waals surface area (Å²) in [4.78, 5) is 19.6. The van der Waals surface area contributed by atoms with E-state index in [1.807, 2.05) is 6.07 Å². The summed E-state index contributed by atoms with van der Waals surface area (Å²) < 4.78 is 56.4. The summed E-state index contributed by atoms with van der Waals surface area (Å²) in [7, 11) is 0. The highest BCUT2D eigenvalue weighted by Crippen LogP contribution is 2.48. The Kier molecular flexibility index (Phi) is 5.88. The number of pyridine rings is 1. The minimum Gasteiger partial charge on any atom is -0.461 e. The molecule has 0 spiro atoms. The number of nitrogens with two attached hydrogens (primary N) is 1. The third-order valence-electron chi connectivity index (χ3n) is 10.5. The van der Waals surface area contributed by atoms with Crippen molar-refractivity contribution in [2.75, 3.05) is 43.4 Å². The molecule has 3 N–H and O–H groups in total. The summed E-state index contributed by atoms with van der Waals surface area (Å²) in [6.07, 6.45) is 5.43. The highest BCUT2D eigenvalue weighted by molar-refractivity contribution is 6.00. The van der Waals surface area contributed by atoms with Gasteiger partial charge in [-0.25, -0.2) is 18.2 Å². The molecule has 1 saturated carbocycles. The van der Waals surface area contributed by atoms with Gasteiger partial charge in [-0.3, -0.25) is 4.90 Å². The van der Waals surface area contributed by atoms with Crippen LogP contribution in [0, 0.1) is 11.6 Å². The van der Waals surface area contributed by atoms with Crippen LogP contribution in [0.25, 0.3) is 33.1 Å². The van der Waals surface area contributed by atoms with Gasteiger partial charge in [0.15, 0.2) is 11.6 Å². The van der Waals surface area contributed by atoms with Crippen molar-refractivity contribution in [3.8, 4) is 17.1 Å². The van der Waals surface area contributed by atoms with Gasteiger partial charge >= 0.3 is 6.01 Å². The fraction of sp³-hybridized carbons (Fsp3) is 0.531. The van der Waals surface area contributed by atoms with Crippen LogP contribution < -0.4 is 20.7 Å². The summed E-state index contributed by atoms with van der Waals surface area (Å²) in [5.74, 6) is -0.773. The molecule has 9 rings (SSSR count). The second kappa shape index (κ2) is 9.68. The molecule has 44 heavy (non-hydrogen) atoms. The summed E-state index contributed by atoms with van der Waals surface area (Å²) in [6.45, 7) is 3.31. The van der Waals surface area contributed by atoms with Gasteiger partial charge in [-0.1, -0.05) is 0 Å². The molecule has 7 heterocycles. The zero-order valence-electron chi connectivity index (χ0n) is 24.3. The number of ether oxygens (including phenoxy) is 1. The van der Waals surface area contributed by atoms with Gasteiger partial charge in [-0.15, -0.1) is 0 Å². The Balaban J connectivity index is 1.22. The maximum atomic E-state index is 15.3. The van der Waals surface area contributed by atoms with E-state index in [4.69, 9.17) is 29.8 Å². The van der Waals surface area contributed by atoms with Crippen molar-refractivity contribution in [1.29, 1.82) is 0 Å².